The second-order valence-electron chi connectivity index (χ2n) is 4.06. The van der Waals surface area contributed by atoms with E-state index in [0.29, 0.717) is 31.5 Å². The number of nitrogens with one attached hydrogen (secondary N) is 1. The highest BCUT2D eigenvalue weighted by Gasteiger charge is 2.08. The molecule has 0 radical (unpaired) electrons. The Hall–Kier alpha value is -1.82. The molecule has 0 aliphatic rings. The average molecular weight is 388 g/mol. The first kappa shape index (κ1) is 19.2. The van der Waals surface area contributed by atoms with E-state index in [1.807, 2.05) is 6.19 Å². The van der Waals surface area contributed by atoms with Crippen LogP contribution in [-0.2, 0) is 0 Å². The summed E-state index contributed by atoms with van der Waals surface area (Å²) < 4.78 is 0. The van der Waals surface area contributed by atoms with Crippen molar-refractivity contribution in [3.8, 4) is 12.4 Å². The summed E-state index contributed by atoms with van der Waals surface area (Å²) in [6.07, 6.45) is 3.67. The monoisotopic (exact) mass is 386 g/mol. The fraction of sp³-hybridized carbons (Fsp3) is 0.0667. The van der Waals surface area contributed by atoms with Crippen molar-refractivity contribution in [1.82, 2.24) is 0 Å². The van der Waals surface area contributed by atoms with Gasteiger partial charge in [0.1, 0.15) is 0 Å². The number of nitrogens with zero attached hydrogens (tertiary/aromatic N) is 3. The molecule has 0 aromatic heterocycles. The van der Waals surface area contributed by atoms with Crippen LogP contribution in [0.4, 0.5) is 11.4 Å². The van der Waals surface area contributed by atoms with Crippen molar-refractivity contribution < 1.29 is 0 Å². The van der Waals surface area contributed by atoms with Gasteiger partial charge in [0.15, 0.2) is 12.4 Å². The minimum absolute atomic E-state index is 0.444. The van der Waals surface area contributed by atoms with Crippen molar-refractivity contribution in [2.24, 2.45) is 0 Å². The van der Waals surface area contributed by atoms with Gasteiger partial charge in [-0.2, -0.15) is 10.5 Å². The maximum atomic E-state index is 8.60. The lowest BCUT2D eigenvalue weighted by Crippen LogP contribution is -2.08. The Morgan fingerprint density at radius 1 is 0.870 bits per heavy atom. The normalized spacial score (nSPS) is 9.00. The van der Waals surface area contributed by atoms with Crippen molar-refractivity contribution in [3.63, 3.8) is 0 Å². The van der Waals surface area contributed by atoms with Crippen LogP contribution < -0.4 is 10.2 Å². The van der Waals surface area contributed by atoms with E-state index >= 15 is 0 Å². The first-order valence-corrected chi connectivity index (χ1v) is 7.60. The highest BCUT2D eigenvalue weighted by Crippen LogP contribution is 2.32. The van der Waals surface area contributed by atoms with Crippen LogP contribution in [-0.4, -0.2) is 7.05 Å². The fourth-order valence-corrected chi connectivity index (χ4v) is 2.68. The van der Waals surface area contributed by atoms with Gasteiger partial charge in [0.25, 0.3) is 0 Å². The molecule has 0 fully saturated rings. The van der Waals surface area contributed by atoms with Crippen LogP contribution in [0.2, 0.25) is 20.1 Å². The maximum absolute atomic E-state index is 8.60. The molecule has 2 rings (SSSR count). The SMILES string of the molecule is CN(C#N)c1c(Cl)cccc1Cl.N#CNc1c(Cl)cccc1Cl. The summed E-state index contributed by atoms with van der Waals surface area (Å²) in [5.41, 5.74) is 1.00. The highest BCUT2D eigenvalue weighted by molar-refractivity contribution is 6.39. The second kappa shape index (κ2) is 9.35. The van der Waals surface area contributed by atoms with Gasteiger partial charge < -0.3 is 0 Å². The zero-order valence-electron chi connectivity index (χ0n) is 11.8. The van der Waals surface area contributed by atoms with Gasteiger partial charge in [-0.25, -0.2) is 0 Å². The van der Waals surface area contributed by atoms with Crippen molar-refractivity contribution in [2.45, 2.75) is 0 Å². The van der Waals surface area contributed by atoms with E-state index in [4.69, 9.17) is 56.9 Å². The summed E-state index contributed by atoms with van der Waals surface area (Å²) in [5, 5.41) is 21.1. The largest absolute Gasteiger partial charge is 0.290 e. The van der Waals surface area contributed by atoms with Crippen LogP contribution in [0, 0.1) is 22.9 Å². The van der Waals surface area contributed by atoms with Gasteiger partial charge in [-0.1, -0.05) is 58.5 Å². The summed E-state index contributed by atoms with van der Waals surface area (Å²) in [4.78, 5) is 1.32. The number of para-hydroxylation sites is 2. The summed E-state index contributed by atoms with van der Waals surface area (Å²) in [6, 6.07) is 10.2. The molecule has 0 saturated heterocycles. The third kappa shape index (κ3) is 5.39. The number of nitriles is 2. The van der Waals surface area contributed by atoms with E-state index in [1.165, 1.54) is 4.90 Å². The third-order valence-electron chi connectivity index (χ3n) is 2.57. The molecule has 0 aliphatic carbocycles. The van der Waals surface area contributed by atoms with Crippen LogP contribution in [0.15, 0.2) is 36.4 Å². The number of rotatable bonds is 2. The Bertz CT molecular complexity index is 725. The Morgan fingerprint density at radius 3 is 1.70 bits per heavy atom. The third-order valence-corrected chi connectivity index (χ3v) is 3.81. The molecule has 0 amide bonds. The first-order valence-electron chi connectivity index (χ1n) is 6.09. The molecular weight excluding hydrogens is 378 g/mol. The highest BCUT2D eigenvalue weighted by atomic mass is 35.5. The Balaban J connectivity index is 0.000000231. The van der Waals surface area contributed by atoms with E-state index in [1.54, 1.807) is 49.6 Å². The van der Waals surface area contributed by atoms with Crippen LogP contribution in [0.3, 0.4) is 0 Å². The molecule has 0 unspecified atom stereocenters. The summed E-state index contributed by atoms with van der Waals surface area (Å²) in [5.74, 6) is 0. The van der Waals surface area contributed by atoms with Crippen LogP contribution in [0.5, 0.6) is 0 Å². The molecule has 1 N–H and O–H groups in total. The van der Waals surface area contributed by atoms with Crippen LogP contribution in [0.1, 0.15) is 0 Å². The van der Waals surface area contributed by atoms with Gasteiger partial charge >= 0.3 is 0 Å². The molecule has 8 heteroatoms. The second-order valence-corrected chi connectivity index (χ2v) is 5.69. The zero-order valence-corrected chi connectivity index (χ0v) is 14.8. The lowest BCUT2D eigenvalue weighted by atomic mass is 10.3. The van der Waals surface area contributed by atoms with Gasteiger partial charge in [-0.05, 0) is 24.3 Å². The van der Waals surface area contributed by atoms with Gasteiger partial charge in [0.2, 0.25) is 0 Å². The molecule has 0 heterocycles. The minimum atomic E-state index is 0.444. The molecule has 2 aromatic rings. The lowest BCUT2D eigenvalue weighted by molar-refractivity contribution is 1.20. The first-order chi connectivity index (χ1) is 10.9. The quantitative estimate of drug-likeness (QED) is 0.522. The van der Waals surface area contributed by atoms with E-state index in [0.717, 1.165) is 0 Å². The van der Waals surface area contributed by atoms with Crippen molar-refractivity contribution in [3.05, 3.63) is 56.5 Å². The van der Waals surface area contributed by atoms with Gasteiger partial charge in [-0.15, -0.1) is 0 Å². The predicted molar refractivity (Wildman–Crippen MR) is 96.2 cm³/mol. The van der Waals surface area contributed by atoms with E-state index in [9.17, 15) is 0 Å². The minimum Gasteiger partial charge on any atom is -0.290 e. The summed E-state index contributed by atoms with van der Waals surface area (Å²) in [6.45, 7) is 0. The van der Waals surface area contributed by atoms with E-state index in [-0.39, 0.29) is 0 Å². The molecule has 0 atom stereocenters. The zero-order chi connectivity index (χ0) is 17.4. The molecule has 0 bridgehead atoms. The predicted octanol–water partition coefficient (Wildman–Crippen LogP) is 5.80. The molecular formula is C15H10Cl4N4. The van der Waals surface area contributed by atoms with Gasteiger partial charge in [0, 0.05) is 7.05 Å². The Kier molecular flexibility index (Phi) is 7.81. The van der Waals surface area contributed by atoms with Crippen LogP contribution in [0.25, 0.3) is 0 Å². The fourth-order valence-electron chi connectivity index (χ4n) is 1.53. The maximum Gasteiger partial charge on any atom is 0.184 e. The number of anilines is 2. The summed E-state index contributed by atoms with van der Waals surface area (Å²) in [7, 11) is 1.60. The number of hydrogen-bond acceptors (Lipinski definition) is 4. The molecule has 118 valence electrons. The van der Waals surface area contributed by atoms with Gasteiger partial charge in [-0.3, -0.25) is 10.2 Å². The topological polar surface area (TPSA) is 62.9 Å². The number of benzene rings is 2. The smallest absolute Gasteiger partial charge is 0.184 e. The lowest BCUT2D eigenvalue weighted by Gasteiger charge is -2.11. The van der Waals surface area contributed by atoms with Crippen LogP contribution >= 0.6 is 46.4 Å². The molecule has 0 aliphatic heterocycles. The van der Waals surface area contributed by atoms with Crippen molar-refractivity contribution >= 4 is 57.8 Å². The molecule has 23 heavy (non-hydrogen) atoms. The molecule has 0 saturated carbocycles. The Labute approximate surface area is 154 Å². The number of hydrogen-bond donors (Lipinski definition) is 1. The molecule has 0 spiro atoms. The standard InChI is InChI=1S/C8H6Cl2N2.C7H4Cl2N2/c1-12(5-11)8-6(9)3-2-4-7(8)10;8-5-2-1-3-6(9)7(5)11-4-10/h2-4H,1H3;1-3,11H. The molecule has 4 nitrogen and oxygen atoms in total. The van der Waals surface area contributed by atoms with Crippen molar-refractivity contribution in [1.29, 1.82) is 10.5 Å². The molecule has 2 aromatic carbocycles. The van der Waals surface area contributed by atoms with Gasteiger partial charge in [0.05, 0.1) is 31.5 Å². The van der Waals surface area contributed by atoms with E-state index in [2.05, 4.69) is 5.32 Å². The Morgan fingerprint density at radius 2 is 1.30 bits per heavy atom. The van der Waals surface area contributed by atoms with E-state index < -0.39 is 0 Å². The van der Waals surface area contributed by atoms with Crippen molar-refractivity contribution in [2.75, 3.05) is 17.3 Å². The summed E-state index contributed by atoms with van der Waals surface area (Å²) >= 11 is 23.1. The number of halogens is 4. The average Bonchev–Trinajstić information content (AvgIpc) is 2.51.